The molecule has 0 aliphatic heterocycles. The van der Waals surface area contributed by atoms with Crippen LogP contribution in [0.15, 0.2) is 42.5 Å². The van der Waals surface area contributed by atoms with Gasteiger partial charge in [0.15, 0.2) is 0 Å². The van der Waals surface area contributed by atoms with Gasteiger partial charge in [0.2, 0.25) is 0 Å². The van der Waals surface area contributed by atoms with Gasteiger partial charge in [0.05, 0.1) is 6.10 Å². The minimum absolute atomic E-state index is 0.149. The summed E-state index contributed by atoms with van der Waals surface area (Å²) in [5.41, 5.74) is 5.92. The summed E-state index contributed by atoms with van der Waals surface area (Å²) in [6.45, 7) is 8.43. The predicted molar refractivity (Wildman–Crippen MR) is 85.1 cm³/mol. The van der Waals surface area contributed by atoms with Crippen LogP contribution in [0.1, 0.15) is 53.2 Å². The van der Waals surface area contributed by atoms with Gasteiger partial charge in [0.25, 0.3) is 0 Å². The quantitative estimate of drug-likeness (QED) is 0.841. The van der Waals surface area contributed by atoms with E-state index in [1.54, 1.807) is 0 Å². The van der Waals surface area contributed by atoms with Gasteiger partial charge in [-0.15, -0.1) is 0 Å². The number of benzene rings is 2. The molecule has 0 fully saturated rings. The van der Waals surface area contributed by atoms with Gasteiger partial charge in [-0.25, -0.2) is 0 Å². The first-order valence-corrected chi connectivity index (χ1v) is 7.35. The molecular weight excluding hydrogens is 244 g/mol. The zero-order chi connectivity index (χ0) is 14.7. The summed E-state index contributed by atoms with van der Waals surface area (Å²) in [6.07, 6.45) is 0.487. The predicted octanol–water partition coefficient (Wildman–Crippen LogP) is 4.84. The third-order valence-corrected chi connectivity index (χ3v) is 4.08. The highest BCUT2D eigenvalue weighted by Crippen LogP contribution is 2.36. The molecule has 0 aliphatic carbocycles. The van der Waals surface area contributed by atoms with E-state index in [1.165, 1.54) is 22.3 Å². The highest BCUT2D eigenvalue weighted by atomic mass is 16.3. The topological polar surface area (TPSA) is 20.2 Å². The third kappa shape index (κ3) is 2.94. The smallest absolute Gasteiger partial charge is 0.0863 e. The molecule has 1 nitrogen and oxygen atoms in total. The average Bonchev–Trinajstić information content (AvgIpc) is 2.39. The molecule has 20 heavy (non-hydrogen) atoms. The van der Waals surface area contributed by atoms with Crippen molar-refractivity contribution >= 4 is 0 Å². The van der Waals surface area contributed by atoms with E-state index in [-0.39, 0.29) is 5.92 Å². The van der Waals surface area contributed by atoms with Crippen molar-refractivity contribution in [3.05, 3.63) is 70.3 Å². The van der Waals surface area contributed by atoms with Crippen LogP contribution in [0.5, 0.6) is 0 Å². The SMILES string of the molecule is CCC(c1ccccc1)C(O)c1c(C)cc(C)cc1C. The van der Waals surface area contributed by atoms with E-state index in [4.69, 9.17) is 0 Å². The van der Waals surface area contributed by atoms with Crippen molar-refractivity contribution in [2.75, 3.05) is 0 Å². The second-order valence-electron chi connectivity index (χ2n) is 5.68. The van der Waals surface area contributed by atoms with Crippen LogP contribution in [0.4, 0.5) is 0 Å². The maximum absolute atomic E-state index is 10.9. The molecule has 2 rings (SSSR count). The Morgan fingerprint density at radius 1 is 0.950 bits per heavy atom. The number of aliphatic hydroxyl groups excluding tert-OH is 1. The van der Waals surface area contributed by atoms with Crippen molar-refractivity contribution in [2.45, 2.75) is 46.1 Å². The summed E-state index contributed by atoms with van der Waals surface area (Å²) >= 11 is 0. The molecule has 0 heterocycles. The zero-order valence-corrected chi connectivity index (χ0v) is 12.9. The number of aliphatic hydroxyl groups is 1. The van der Waals surface area contributed by atoms with E-state index < -0.39 is 6.10 Å². The molecule has 2 aromatic rings. The molecule has 106 valence electrons. The van der Waals surface area contributed by atoms with E-state index >= 15 is 0 Å². The molecule has 0 aromatic heterocycles. The van der Waals surface area contributed by atoms with E-state index in [1.807, 2.05) is 18.2 Å². The van der Waals surface area contributed by atoms with Gasteiger partial charge in [0, 0.05) is 5.92 Å². The van der Waals surface area contributed by atoms with E-state index in [9.17, 15) is 5.11 Å². The summed E-state index contributed by atoms with van der Waals surface area (Å²) < 4.78 is 0. The van der Waals surface area contributed by atoms with Crippen LogP contribution in [-0.4, -0.2) is 5.11 Å². The lowest BCUT2D eigenvalue weighted by molar-refractivity contribution is 0.141. The maximum Gasteiger partial charge on any atom is 0.0863 e. The molecule has 0 bridgehead atoms. The molecule has 0 saturated heterocycles. The minimum Gasteiger partial charge on any atom is -0.388 e. The van der Waals surface area contributed by atoms with E-state index in [0.717, 1.165) is 12.0 Å². The average molecular weight is 268 g/mol. The lowest BCUT2D eigenvalue weighted by Crippen LogP contribution is -2.13. The Kier molecular flexibility index (Phi) is 4.61. The van der Waals surface area contributed by atoms with Crippen molar-refractivity contribution in [2.24, 2.45) is 0 Å². The van der Waals surface area contributed by atoms with Gasteiger partial charge in [-0.2, -0.15) is 0 Å². The number of hydrogen-bond acceptors (Lipinski definition) is 1. The van der Waals surface area contributed by atoms with Crippen molar-refractivity contribution in [1.82, 2.24) is 0 Å². The Bertz CT molecular complexity index is 549. The standard InChI is InChI=1S/C19H24O/c1-5-17(16-9-7-6-8-10-16)19(20)18-14(3)11-13(2)12-15(18)4/h6-12,17,19-20H,5H2,1-4H3. The van der Waals surface area contributed by atoms with Crippen LogP contribution in [0.2, 0.25) is 0 Å². The molecule has 2 unspecified atom stereocenters. The third-order valence-electron chi connectivity index (χ3n) is 4.08. The van der Waals surface area contributed by atoms with Crippen LogP contribution >= 0.6 is 0 Å². The Morgan fingerprint density at radius 3 is 2.00 bits per heavy atom. The molecule has 0 saturated carbocycles. The molecule has 0 aliphatic rings. The first kappa shape index (κ1) is 14.8. The minimum atomic E-state index is -0.442. The summed E-state index contributed by atoms with van der Waals surface area (Å²) in [7, 11) is 0. The fraction of sp³-hybridized carbons (Fsp3) is 0.368. The first-order valence-electron chi connectivity index (χ1n) is 7.35. The second-order valence-corrected chi connectivity index (χ2v) is 5.68. The summed E-state index contributed by atoms with van der Waals surface area (Å²) in [6, 6.07) is 14.6. The number of aryl methyl sites for hydroxylation is 3. The van der Waals surface area contributed by atoms with E-state index in [0.29, 0.717) is 0 Å². The molecule has 1 heteroatoms. The summed E-state index contributed by atoms with van der Waals surface area (Å²) in [5.74, 6) is 0.149. The molecule has 2 atom stereocenters. The lowest BCUT2D eigenvalue weighted by Gasteiger charge is -2.25. The van der Waals surface area contributed by atoms with Crippen LogP contribution in [0.25, 0.3) is 0 Å². The Labute approximate surface area is 122 Å². The maximum atomic E-state index is 10.9. The molecule has 0 radical (unpaired) electrons. The Balaban J connectivity index is 2.42. The van der Waals surface area contributed by atoms with Crippen LogP contribution < -0.4 is 0 Å². The lowest BCUT2D eigenvalue weighted by atomic mass is 9.83. The highest BCUT2D eigenvalue weighted by Gasteiger charge is 2.23. The molecule has 1 N–H and O–H groups in total. The monoisotopic (exact) mass is 268 g/mol. The van der Waals surface area contributed by atoms with Crippen molar-refractivity contribution in [3.63, 3.8) is 0 Å². The van der Waals surface area contributed by atoms with E-state index in [2.05, 4.69) is 52.0 Å². The summed E-state index contributed by atoms with van der Waals surface area (Å²) in [4.78, 5) is 0. The van der Waals surface area contributed by atoms with Gasteiger partial charge in [-0.1, -0.05) is 55.0 Å². The normalized spacial score (nSPS) is 14.1. The van der Waals surface area contributed by atoms with Gasteiger partial charge in [0.1, 0.15) is 0 Å². The zero-order valence-electron chi connectivity index (χ0n) is 12.9. The Hall–Kier alpha value is -1.60. The number of hydrogen-bond donors (Lipinski definition) is 1. The first-order chi connectivity index (χ1) is 9.54. The number of rotatable bonds is 4. The highest BCUT2D eigenvalue weighted by molar-refractivity contribution is 5.40. The Morgan fingerprint density at radius 2 is 1.50 bits per heavy atom. The van der Waals surface area contributed by atoms with Crippen LogP contribution in [0.3, 0.4) is 0 Å². The van der Waals surface area contributed by atoms with Gasteiger partial charge < -0.3 is 5.11 Å². The van der Waals surface area contributed by atoms with Crippen molar-refractivity contribution < 1.29 is 5.11 Å². The van der Waals surface area contributed by atoms with Crippen LogP contribution in [-0.2, 0) is 0 Å². The van der Waals surface area contributed by atoms with Gasteiger partial charge >= 0.3 is 0 Å². The fourth-order valence-corrected chi connectivity index (χ4v) is 3.20. The van der Waals surface area contributed by atoms with Crippen LogP contribution in [0, 0.1) is 20.8 Å². The molecule has 0 spiro atoms. The van der Waals surface area contributed by atoms with Crippen molar-refractivity contribution in [1.29, 1.82) is 0 Å². The molecule has 0 amide bonds. The largest absolute Gasteiger partial charge is 0.388 e. The van der Waals surface area contributed by atoms with Gasteiger partial charge in [-0.3, -0.25) is 0 Å². The molecule has 2 aromatic carbocycles. The van der Waals surface area contributed by atoms with Gasteiger partial charge in [-0.05, 0) is 49.4 Å². The second kappa shape index (κ2) is 6.23. The van der Waals surface area contributed by atoms with Crippen molar-refractivity contribution in [3.8, 4) is 0 Å². The fourth-order valence-electron chi connectivity index (χ4n) is 3.20. The summed E-state index contributed by atoms with van der Waals surface area (Å²) in [5, 5.41) is 10.9. The molecular formula is C19H24O.